The van der Waals surface area contributed by atoms with Gasteiger partial charge in [0.2, 0.25) is 0 Å². The van der Waals surface area contributed by atoms with Gasteiger partial charge in [-0.1, -0.05) is 30.3 Å². The van der Waals surface area contributed by atoms with Crippen molar-refractivity contribution in [1.82, 2.24) is 5.32 Å². The van der Waals surface area contributed by atoms with Gasteiger partial charge in [-0.2, -0.15) is 0 Å². The van der Waals surface area contributed by atoms with Crippen LogP contribution in [0.5, 0.6) is 11.5 Å². The molecule has 0 aliphatic rings. The second-order valence-electron chi connectivity index (χ2n) is 4.31. The van der Waals surface area contributed by atoms with Crippen molar-refractivity contribution < 1.29 is 15.0 Å². The Morgan fingerprint density at radius 1 is 1.10 bits per heavy atom. The lowest BCUT2D eigenvalue weighted by atomic mass is 10.1. The van der Waals surface area contributed by atoms with Gasteiger partial charge >= 0.3 is 0 Å². The Morgan fingerprint density at radius 3 is 2.55 bits per heavy atom. The first kappa shape index (κ1) is 14.2. The van der Waals surface area contributed by atoms with Crippen LogP contribution in [0, 0.1) is 0 Å². The number of rotatable bonds is 4. The van der Waals surface area contributed by atoms with E-state index in [0.29, 0.717) is 12.4 Å². The van der Waals surface area contributed by atoms with Crippen LogP contribution in [0.2, 0.25) is 0 Å². The maximum Gasteiger partial charge on any atom is 0.255 e. The van der Waals surface area contributed by atoms with Gasteiger partial charge in [-0.15, -0.1) is 11.6 Å². The summed E-state index contributed by atoms with van der Waals surface area (Å²) in [6.45, 7) is 0.318. The summed E-state index contributed by atoms with van der Waals surface area (Å²) in [7, 11) is 0. The fourth-order valence-corrected chi connectivity index (χ4v) is 1.98. The highest BCUT2D eigenvalue weighted by atomic mass is 35.5. The van der Waals surface area contributed by atoms with E-state index in [1.807, 2.05) is 24.3 Å². The summed E-state index contributed by atoms with van der Waals surface area (Å²) in [5.74, 6) is -0.772. The zero-order valence-corrected chi connectivity index (χ0v) is 11.4. The molecule has 4 nitrogen and oxygen atoms in total. The molecule has 3 N–H and O–H groups in total. The Balaban J connectivity index is 2.06. The van der Waals surface area contributed by atoms with Gasteiger partial charge in [0.25, 0.3) is 5.91 Å². The molecule has 0 aromatic heterocycles. The Bertz CT molecular complexity index is 628. The molecule has 0 aliphatic carbocycles. The van der Waals surface area contributed by atoms with Crippen molar-refractivity contribution in [1.29, 1.82) is 0 Å². The van der Waals surface area contributed by atoms with E-state index in [0.717, 1.165) is 11.1 Å². The van der Waals surface area contributed by atoms with Gasteiger partial charge in [0.15, 0.2) is 11.5 Å². The number of aromatic hydroxyl groups is 2. The molecule has 0 saturated heterocycles. The fourth-order valence-electron chi connectivity index (χ4n) is 1.81. The molecule has 1 amide bonds. The van der Waals surface area contributed by atoms with Gasteiger partial charge in [0, 0.05) is 12.4 Å². The highest BCUT2D eigenvalue weighted by Crippen LogP contribution is 2.27. The summed E-state index contributed by atoms with van der Waals surface area (Å²) in [6.07, 6.45) is 0. The van der Waals surface area contributed by atoms with E-state index in [4.69, 9.17) is 11.6 Å². The number of benzene rings is 2. The molecule has 5 heteroatoms. The number of hydrogen-bond donors (Lipinski definition) is 3. The zero-order valence-electron chi connectivity index (χ0n) is 10.6. The predicted octanol–water partition coefficient (Wildman–Crippen LogP) is 2.77. The molecule has 0 aliphatic heterocycles. The predicted molar refractivity (Wildman–Crippen MR) is 76.9 cm³/mol. The van der Waals surface area contributed by atoms with Crippen molar-refractivity contribution in [3.05, 3.63) is 59.2 Å². The minimum atomic E-state index is -0.449. The average Bonchev–Trinajstić information content (AvgIpc) is 2.48. The lowest BCUT2D eigenvalue weighted by Crippen LogP contribution is -2.22. The molecule has 0 saturated carbocycles. The smallest absolute Gasteiger partial charge is 0.255 e. The van der Waals surface area contributed by atoms with Gasteiger partial charge in [-0.3, -0.25) is 4.79 Å². The van der Waals surface area contributed by atoms with Crippen LogP contribution in [-0.4, -0.2) is 16.1 Å². The number of halogens is 1. The summed E-state index contributed by atoms with van der Waals surface area (Å²) < 4.78 is 0. The topological polar surface area (TPSA) is 69.6 Å². The Hall–Kier alpha value is -2.20. The molecule has 2 rings (SSSR count). The van der Waals surface area contributed by atoms with Crippen LogP contribution in [0.4, 0.5) is 0 Å². The van der Waals surface area contributed by atoms with Crippen molar-refractivity contribution in [2.24, 2.45) is 0 Å². The summed E-state index contributed by atoms with van der Waals surface area (Å²) in [5, 5.41) is 21.7. The van der Waals surface area contributed by atoms with E-state index in [2.05, 4.69) is 5.32 Å². The van der Waals surface area contributed by atoms with E-state index in [9.17, 15) is 15.0 Å². The quantitative estimate of drug-likeness (QED) is 0.599. The number of phenolic OH excluding ortho intramolecular Hbond substituents is 2. The van der Waals surface area contributed by atoms with E-state index < -0.39 is 11.7 Å². The highest BCUT2D eigenvalue weighted by Gasteiger charge is 2.13. The normalized spacial score (nSPS) is 10.2. The third-order valence-corrected chi connectivity index (χ3v) is 3.17. The van der Waals surface area contributed by atoms with Gasteiger partial charge in [-0.05, 0) is 23.3 Å². The summed E-state index contributed by atoms with van der Waals surface area (Å²) in [4.78, 5) is 11.9. The molecule has 2 aromatic rings. The highest BCUT2D eigenvalue weighted by molar-refractivity contribution is 6.17. The van der Waals surface area contributed by atoms with Crippen LogP contribution < -0.4 is 5.32 Å². The third-order valence-electron chi connectivity index (χ3n) is 2.86. The van der Waals surface area contributed by atoms with Crippen molar-refractivity contribution in [3.63, 3.8) is 0 Å². The molecule has 0 spiro atoms. The molecule has 0 heterocycles. The molecule has 0 bridgehead atoms. The minimum absolute atomic E-state index is 0.0403. The van der Waals surface area contributed by atoms with E-state index in [-0.39, 0.29) is 11.3 Å². The molecule has 0 radical (unpaired) electrons. The molecular formula is C15H14ClNO3. The van der Waals surface area contributed by atoms with Crippen LogP contribution in [-0.2, 0) is 12.4 Å². The fraction of sp³-hybridized carbons (Fsp3) is 0.133. The standard InChI is InChI=1S/C15H14ClNO3/c16-8-10-3-1-4-11(7-10)9-17-15(20)12-5-2-6-13(18)14(12)19/h1-7,18-19H,8-9H2,(H,17,20). The molecule has 20 heavy (non-hydrogen) atoms. The van der Waals surface area contributed by atoms with Crippen molar-refractivity contribution in [3.8, 4) is 11.5 Å². The maximum atomic E-state index is 11.9. The molecule has 0 fully saturated rings. The minimum Gasteiger partial charge on any atom is -0.504 e. The number of carbonyl (C=O) groups is 1. The zero-order chi connectivity index (χ0) is 14.5. The summed E-state index contributed by atoms with van der Waals surface area (Å²) in [5.41, 5.74) is 1.92. The number of phenols is 2. The Labute approximate surface area is 121 Å². The Kier molecular flexibility index (Phi) is 4.48. The molecule has 2 aromatic carbocycles. The summed E-state index contributed by atoms with van der Waals surface area (Å²) >= 11 is 5.75. The van der Waals surface area contributed by atoms with Gasteiger partial charge in [0.05, 0.1) is 5.56 Å². The van der Waals surface area contributed by atoms with Gasteiger partial charge in [-0.25, -0.2) is 0 Å². The molecule has 0 atom stereocenters. The number of alkyl halides is 1. The van der Waals surface area contributed by atoms with Gasteiger partial charge < -0.3 is 15.5 Å². The van der Waals surface area contributed by atoms with Crippen LogP contribution >= 0.6 is 11.6 Å². The molecule has 104 valence electrons. The van der Waals surface area contributed by atoms with Crippen molar-refractivity contribution in [2.45, 2.75) is 12.4 Å². The van der Waals surface area contributed by atoms with Crippen molar-refractivity contribution >= 4 is 17.5 Å². The number of nitrogens with one attached hydrogen (secondary N) is 1. The van der Waals surface area contributed by atoms with Crippen LogP contribution in [0.3, 0.4) is 0 Å². The van der Waals surface area contributed by atoms with E-state index in [1.165, 1.54) is 18.2 Å². The first-order chi connectivity index (χ1) is 9.61. The first-order valence-corrected chi connectivity index (χ1v) is 6.58. The maximum absolute atomic E-state index is 11.9. The molecular weight excluding hydrogens is 278 g/mol. The van der Waals surface area contributed by atoms with Crippen LogP contribution in [0.25, 0.3) is 0 Å². The monoisotopic (exact) mass is 291 g/mol. The third kappa shape index (κ3) is 3.22. The van der Waals surface area contributed by atoms with Crippen LogP contribution in [0.1, 0.15) is 21.5 Å². The second-order valence-corrected chi connectivity index (χ2v) is 4.58. The van der Waals surface area contributed by atoms with Crippen molar-refractivity contribution in [2.75, 3.05) is 0 Å². The number of para-hydroxylation sites is 1. The number of carbonyl (C=O) groups excluding carboxylic acids is 1. The second kappa shape index (κ2) is 6.30. The lowest BCUT2D eigenvalue weighted by molar-refractivity contribution is 0.0947. The Morgan fingerprint density at radius 2 is 1.80 bits per heavy atom. The molecule has 0 unspecified atom stereocenters. The largest absolute Gasteiger partial charge is 0.504 e. The van der Waals surface area contributed by atoms with E-state index in [1.54, 1.807) is 0 Å². The lowest BCUT2D eigenvalue weighted by Gasteiger charge is -2.08. The van der Waals surface area contributed by atoms with Gasteiger partial charge in [0.1, 0.15) is 0 Å². The summed E-state index contributed by atoms with van der Waals surface area (Å²) in [6, 6.07) is 11.8. The SMILES string of the molecule is O=C(NCc1cccc(CCl)c1)c1cccc(O)c1O. The number of amides is 1. The number of hydrogen-bond acceptors (Lipinski definition) is 3. The van der Waals surface area contributed by atoms with E-state index >= 15 is 0 Å². The van der Waals surface area contributed by atoms with Crippen LogP contribution in [0.15, 0.2) is 42.5 Å². The average molecular weight is 292 g/mol. The first-order valence-electron chi connectivity index (χ1n) is 6.04.